The molecule has 1 unspecified atom stereocenters. The minimum atomic E-state index is -0.201. The molecule has 0 bridgehead atoms. The van der Waals surface area contributed by atoms with Crippen molar-refractivity contribution in [2.75, 3.05) is 0 Å². The van der Waals surface area contributed by atoms with Crippen LogP contribution in [0, 0.1) is 0 Å². The van der Waals surface area contributed by atoms with Crippen LogP contribution in [-0.2, 0) is 4.79 Å². The molecule has 0 fully saturated rings. The second kappa shape index (κ2) is 5.25. The second-order valence-corrected chi connectivity index (χ2v) is 4.55. The van der Waals surface area contributed by atoms with Gasteiger partial charge in [-0.1, -0.05) is 26.0 Å². The standard InChI is InChI=1S/C11H17NOS/c1-3-5-8(4-2)9-6-7-10(14-9)11(12)13/h5-6,10H,3-4,7H2,1-2H3,(H2,12,13)/b8-5+. The molecule has 0 saturated carbocycles. The Balaban J connectivity index is 2.64. The summed E-state index contributed by atoms with van der Waals surface area (Å²) >= 11 is 1.61. The molecule has 3 heteroatoms. The Morgan fingerprint density at radius 1 is 1.71 bits per heavy atom. The lowest BCUT2D eigenvalue weighted by Crippen LogP contribution is -2.23. The Kier molecular flexibility index (Phi) is 4.26. The maximum atomic E-state index is 11.0. The van der Waals surface area contributed by atoms with Crippen molar-refractivity contribution in [2.45, 2.75) is 38.4 Å². The molecular weight excluding hydrogens is 194 g/mol. The summed E-state index contributed by atoms with van der Waals surface area (Å²) in [6.45, 7) is 4.27. The highest BCUT2D eigenvalue weighted by atomic mass is 32.2. The van der Waals surface area contributed by atoms with E-state index in [2.05, 4.69) is 26.0 Å². The van der Waals surface area contributed by atoms with Gasteiger partial charge in [0.25, 0.3) is 0 Å². The van der Waals surface area contributed by atoms with Gasteiger partial charge in [-0.15, -0.1) is 11.8 Å². The van der Waals surface area contributed by atoms with E-state index >= 15 is 0 Å². The Labute approximate surface area is 89.6 Å². The number of allylic oxidation sites excluding steroid dienone is 3. The molecule has 0 saturated heterocycles. The van der Waals surface area contributed by atoms with Crippen LogP contribution in [0.3, 0.4) is 0 Å². The number of hydrogen-bond donors (Lipinski definition) is 1. The fourth-order valence-electron chi connectivity index (χ4n) is 1.51. The highest BCUT2D eigenvalue weighted by Crippen LogP contribution is 2.37. The molecule has 0 spiro atoms. The van der Waals surface area contributed by atoms with E-state index in [0.29, 0.717) is 0 Å². The van der Waals surface area contributed by atoms with Gasteiger partial charge in [0, 0.05) is 4.91 Å². The van der Waals surface area contributed by atoms with Crippen LogP contribution in [0.2, 0.25) is 0 Å². The average molecular weight is 211 g/mol. The molecule has 0 aromatic carbocycles. The summed E-state index contributed by atoms with van der Waals surface area (Å²) in [5.74, 6) is -0.201. The van der Waals surface area contributed by atoms with Gasteiger partial charge in [0.15, 0.2) is 0 Å². The highest BCUT2D eigenvalue weighted by molar-refractivity contribution is 8.04. The van der Waals surface area contributed by atoms with Crippen LogP contribution < -0.4 is 5.73 Å². The minimum Gasteiger partial charge on any atom is -0.369 e. The quantitative estimate of drug-likeness (QED) is 0.776. The summed E-state index contributed by atoms with van der Waals surface area (Å²) in [7, 11) is 0. The summed E-state index contributed by atoms with van der Waals surface area (Å²) in [5.41, 5.74) is 6.61. The predicted octanol–water partition coefficient (Wildman–Crippen LogP) is 2.61. The Morgan fingerprint density at radius 3 is 2.86 bits per heavy atom. The van der Waals surface area contributed by atoms with E-state index in [-0.39, 0.29) is 11.2 Å². The van der Waals surface area contributed by atoms with Crippen molar-refractivity contribution in [1.82, 2.24) is 0 Å². The fourth-order valence-corrected chi connectivity index (χ4v) is 2.70. The summed E-state index contributed by atoms with van der Waals surface area (Å²) in [6.07, 6.45) is 7.21. The van der Waals surface area contributed by atoms with Gasteiger partial charge in [-0.25, -0.2) is 0 Å². The van der Waals surface area contributed by atoms with Crippen molar-refractivity contribution in [2.24, 2.45) is 5.73 Å². The van der Waals surface area contributed by atoms with Crippen molar-refractivity contribution in [1.29, 1.82) is 0 Å². The Bertz CT molecular complexity index is 281. The van der Waals surface area contributed by atoms with E-state index in [1.54, 1.807) is 11.8 Å². The van der Waals surface area contributed by atoms with E-state index in [1.807, 2.05) is 0 Å². The second-order valence-electron chi connectivity index (χ2n) is 3.30. The van der Waals surface area contributed by atoms with Crippen molar-refractivity contribution in [3.63, 3.8) is 0 Å². The SMILES string of the molecule is CC/C=C(\CC)C1=CCC(C(N)=O)S1. The largest absolute Gasteiger partial charge is 0.369 e. The van der Waals surface area contributed by atoms with Gasteiger partial charge in [0.05, 0.1) is 5.25 Å². The maximum absolute atomic E-state index is 11.0. The summed E-state index contributed by atoms with van der Waals surface area (Å²) in [5, 5.41) is -0.0446. The zero-order valence-corrected chi connectivity index (χ0v) is 9.56. The summed E-state index contributed by atoms with van der Waals surface area (Å²) < 4.78 is 0. The van der Waals surface area contributed by atoms with Crippen LogP contribution in [0.15, 0.2) is 22.6 Å². The van der Waals surface area contributed by atoms with Gasteiger partial charge in [-0.05, 0) is 24.8 Å². The zero-order valence-electron chi connectivity index (χ0n) is 8.75. The number of amides is 1. The molecule has 0 radical (unpaired) electrons. The Morgan fingerprint density at radius 2 is 2.43 bits per heavy atom. The van der Waals surface area contributed by atoms with E-state index in [4.69, 9.17) is 5.73 Å². The smallest absolute Gasteiger partial charge is 0.231 e. The monoisotopic (exact) mass is 211 g/mol. The van der Waals surface area contributed by atoms with Crippen molar-refractivity contribution < 1.29 is 4.79 Å². The number of thioether (sulfide) groups is 1. The van der Waals surface area contributed by atoms with E-state index in [0.717, 1.165) is 19.3 Å². The van der Waals surface area contributed by atoms with Gasteiger partial charge >= 0.3 is 0 Å². The molecule has 78 valence electrons. The molecule has 0 aromatic heterocycles. The number of carbonyl (C=O) groups is 1. The molecule has 14 heavy (non-hydrogen) atoms. The lowest BCUT2D eigenvalue weighted by Gasteiger charge is -2.07. The molecule has 1 rings (SSSR count). The first-order chi connectivity index (χ1) is 6.69. The summed E-state index contributed by atoms with van der Waals surface area (Å²) in [4.78, 5) is 12.2. The van der Waals surface area contributed by atoms with E-state index < -0.39 is 0 Å². The third-order valence-electron chi connectivity index (χ3n) is 2.25. The van der Waals surface area contributed by atoms with Gasteiger partial charge in [0.2, 0.25) is 5.91 Å². The third kappa shape index (κ3) is 2.64. The van der Waals surface area contributed by atoms with Crippen LogP contribution >= 0.6 is 11.8 Å². The van der Waals surface area contributed by atoms with Crippen molar-refractivity contribution >= 4 is 17.7 Å². The normalized spacial score (nSPS) is 22.3. The first-order valence-electron chi connectivity index (χ1n) is 5.04. The topological polar surface area (TPSA) is 43.1 Å². The molecular formula is C11H17NOS. The number of carbonyl (C=O) groups excluding carboxylic acids is 1. The molecule has 0 aromatic rings. The van der Waals surface area contributed by atoms with Gasteiger partial charge in [0.1, 0.15) is 0 Å². The number of primary amides is 1. The fraction of sp³-hybridized carbons (Fsp3) is 0.545. The van der Waals surface area contributed by atoms with Gasteiger partial charge in [-0.2, -0.15) is 0 Å². The van der Waals surface area contributed by atoms with Crippen LogP contribution in [-0.4, -0.2) is 11.2 Å². The van der Waals surface area contributed by atoms with Crippen molar-refractivity contribution in [3.05, 3.63) is 22.6 Å². The molecule has 1 heterocycles. The first kappa shape index (κ1) is 11.4. The van der Waals surface area contributed by atoms with Crippen LogP contribution in [0.5, 0.6) is 0 Å². The molecule has 2 N–H and O–H groups in total. The Hall–Kier alpha value is -0.700. The lowest BCUT2D eigenvalue weighted by atomic mass is 10.1. The first-order valence-corrected chi connectivity index (χ1v) is 5.92. The van der Waals surface area contributed by atoms with E-state index in [9.17, 15) is 4.79 Å². The molecule has 1 amide bonds. The average Bonchev–Trinajstić information content (AvgIpc) is 2.63. The van der Waals surface area contributed by atoms with Gasteiger partial charge in [-0.3, -0.25) is 4.79 Å². The molecule has 1 aliphatic rings. The van der Waals surface area contributed by atoms with Crippen LogP contribution in [0.4, 0.5) is 0 Å². The molecule has 2 nitrogen and oxygen atoms in total. The highest BCUT2D eigenvalue weighted by Gasteiger charge is 2.23. The summed E-state index contributed by atoms with van der Waals surface area (Å²) in [6, 6.07) is 0. The number of nitrogens with two attached hydrogens (primary N) is 1. The zero-order chi connectivity index (χ0) is 10.6. The predicted molar refractivity (Wildman–Crippen MR) is 61.9 cm³/mol. The van der Waals surface area contributed by atoms with E-state index in [1.165, 1.54) is 10.5 Å². The van der Waals surface area contributed by atoms with Crippen molar-refractivity contribution in [3.8, 4) is 0 Å². The number of rotatable bonds is 4. The van der Waals surface area contributed by atoms with Gasteiger partial charge < -0.3 is 5.73 Å². The molecule has 1 aliphatic heterocycles. The maximum Gasteiger partial charge on any atom is 0.231 e. The third-order valence-corrected chi connectivity index (χ3v) is 3.64. The molecule has 0 aliphatic carbocycles. The minimum absolute atomic E-state index is 0.0446. The van der Waals surface area contributed by atoms with Crippen LogP contribution in [0.25, 0.3) is 0 Å². The lowest BCUT2D eigenvalue weighted by molar-refractivity contribution is -0.117. The number of hydrogen-bond acceptors (Lipinski definition) is 2. The van der Waals surface area contributed by atoms with Crippen LogP contribution in [0.1, 0.15) is 33.1 Å². The molecule has 1 atom stereocenters.